The zero-order chi connectivity index (χ0) is 9.26. The number of hydrogen-bond acceptors (Lipinski definition) is 2. The van der Waals surface area contributed by atoms with Gasteiger partial charge < -0.3 is 5.11 Å². The van der Waals surface area contributed by atoms with Crippen LogP contribution < -0.4 is 0 Å². The highest BCUT2D eigenvalue weighted by Gasteiger charge is 1.97. The van der Waals surface area contributed by atoms with Gasteiger partial charge in [0.25, 0.3) is 0 Å². The monoisotopic (exact) mass is 193 g/mol. The van der Waals surface area contributed by atoms with Gasteiger partial charge in [-0.25, -0.2) is 0 Å². The molecule has 1 heterocycles. The molecular weight excluding hydrogens is 186 g/mol. The number of nitrogens with zero attached hydrogens (tertiary/aromatic N) is 1. The van der Waals surface area contributed by atoms with Crippen molar-refractivity contribution in [2.75, 3.05) is 0 Å². The fraction of sp³-hybridized carbons (Fsp3) is 0.100. The highest BCUT2D eigenvalue weighted by atomic mass is 35.5. The first-order valence-corrected chi connectivity index (χ1v) is 4.32. The summed E-state index contributed by atoms with van der Waals surface area (Å²) in [4.78, 5) is 4.17. The predicted octanol–water partition coefficient (Wildman–Crippen LogP) is 2.38. The summed E-state index contributed by atoms with van der Waals surface area (Å²) in [5.41, 5.74) is 1.67. The molecule has 2 aromatic rings. The van der Waals surface area contributed by atoms with Crippen LogP contribution in [0.1, 0.15) is 5.56 Å². The van der Waals surface area contributed by atoms with Gasteiger partial charge in [0.1, 0.15) is 0 Å². The molecule has 0 aliphatic heterocycles. The van der Waals surface area contributed by atoms with E-state index in [0.717, 1.165) is 16.5 Å². The van der Waals surface area contributed by atoms with Crippen LogP contribution in [0, 0.1) is 0 Å². The van der Waals surface area contributed by atoms with Crippen molar-refractivity contribution >= 4 is 22.5 Å². The molecule has 0 radical (unpaired) electrons. The lowest BCUT2D eigenvalue weighted by Gasteiger charge is -1.99. The van der Waals surface area contributed by atoms with Crippen LogP contribution in [0.2, 0.25) is 5.02 Å². The maximum atomic E-state index is 8.89. The quantitative estimate of drug-likeness (QED) is 0.755. The van der Waals surface area contributed by atoms with Crippen molar-refractivity contribution in [1.82, 2.24) is 4.98 Å². The average Bonchev–Trinajstić information content (AvgIpc) is 2.17. The Morgan fingerprint density at radius 1 is 1.31 bits per heavy atom. The first-order chi connectivity index (χ1) is 6.29. The number of aliphatic hydroxyl groups is 1. The van der Waals surface area contributed by atoms with E-state index in [2.05, 4.69) is 4.98 Å². The molecule has 0 saturated carbocycles. The molecule has 0 aliphatic rings. The van der Waals surface area contributed by atoms with Crippen molar-refractivity contribution in [2.24, 2.45) is 0 Å². The summed E-state index contributed by atoms with van der Waals surface area (Å²) in [7, 11) is 0. The molecule has 66 valence electrons. The topological polar surface area (TPSA) is 33.1 Å². The van der Waals surface area contributed by atoms with Crippen LogP contribution in [0.3, 0.4) is 0 Å². The number of halogens is 1. The minimum Gasteiger partial charge on any atom is -0.392 e. The second-order valence-corrected chi connectivity index (χ2v) is 3.28. The van der Waals surface area contributed by atoms with Gasteiger partial charge in [-0.3, -0.25) is 4.98 Å². The molecule has 0 spiro atoms. The highest BCUT2D eigenvalue weighted by Crippen LogP contribution is 2.18. The van der Waals surface area contributed by atoms with Gasteiger partial charge in [0.2, 0.25) is 0 Å². The van der Waals surface area contributed by atoms with Crippen molar-refractivity contribution in [3.05, 3.63) is 41.0 Å². The number of benzene rings is 1. The third-order valence-electron chi connectivity index (χ3n) is 1.89. The summed E-state index contributed by atoms with van der Waals surface area (Å²) < 4.78 is 0. The lowest BCUT2D eigenvalue weighted by atomic mass is 10.2. The summed E-state index contributed by atoms with van der Waals surface area (Å²) >= 11 is 5.80. The largest absolute Gasteiger partial charge is 0.392 e. The summed E-state index contributed by atoms with van der Waals surface area (Å²) in [5.74, 6) is 0. The Morgan fingerprint density at radius 3 is 2.92 bits per heavy atom. The highest BCUT2D eigenvalue weighted by molar-refractivity contribution is 6.31. The van der Waals surface area contributed by atoms with E-state index in [1.165, 1.54) is 0 Å². The lowest BCUT2D eigenvalue weighted by molar-refractivity contribution is 0.281. The molecule has 0 fully saturated rings. The van der Waals surface area contributed by atoms with Gasteiger partial charge in [-0.2, -0.15) is 0 Å². The summed E-state index contributed by atoms with van der Waals surface area (Å²) in [6, 6.07) is 7.41. The SMILES string of the molecule is OCc1cnc2cc(Cl)ccc2c1. The van der Waals surface area contributed by atoms with Gasteiger partial charge in [-0.05, 0) is 23.8 Å². The zero-order valence-corrected chi connectivity index (χ0v) is 7.62. The van der Waals surface area contributed by atoms with Crippen molar-refractivity contribution in [3.8, 4) is 0 Å². The van der Waals surface area contributed by atoms with E-state index in [9.17, 15) is 0 Å². The third-order valence-corrected chi connectivity index (χ3v) is 2.12. The summed E-state index contributed by atoms with van der Waals surface area (Å²) in [6.45, 7) is 0.0194. The van der Waals surface area contributed by atoms with Crippen LogP contribution in [0.25, 0.3) is 10.9 Å². The number of hydrogen-bond donors (Lipinski definition) is 1. The van der Waals surface area contributed by atoms with Gasteiger partial charge in [-0.1, -0.05) is 17.7 Å². The van der Waals surface area contributed by atoms with Gasteiger partial charge >= 0.3 is 0 Å². The Hall–Kier alpha value is -1.12. The second-order valence-electron chi connectivity index (χ2n) is 2.84. The van der Waals surface area contributed by atoms with E-state index in [1.807, 2.05) is 18.2 Å². The fourth-order valence-corrected chi connectivity index (χ4v) is 1.39. The van der Waals surface area contributed by atoms with Crippen LogP contribution in [0.4, 0.5) is 0 Å². The molecular formula is C10H8ClNO. The number of rotatable bonds is 1. The third kappa shape index (κ3) is 1.64. The van der Waals surface area contributed by atoms with E-state index in [-0.39, 0.29) is 6.61 Å². The Kier molecular flexibility index (Phi) is 2.17. The molecule has 0 atom stereocenters. The summed E-state index contributed by atoms with van der Waals surface area (Å²) in [6.07, 6.45) is 1.65. The van der Waals surface area contributed by atoms with E-state index >= 15 is 0 Å². The van der Waals surface area contributed by atoms with Gasteiger partial charge in [0.15, 0.2) is 0 Å². The number of aliphatic hydroxyl groups excluding tert-OH is 1. The van der Waals surface area contributed by atoms with Gasteiger partial charge in [0.05, 0.1) is 12.1 Å². The van der Waals surface area contributed by atoms with E-state index < -0.39 is 0 Å². The van der Waals surface area contributed by atoms with Crippen LogP contribution in [0.15, 0.2) is 30.5 Å². The smallest absolute Gasteiger partial charge is 0.0717 e. The standard InChI is InChI=1S/C10H8ClNO/c11-9-2-1-8-3-7(6-13)5-12-10(8)4-9/h1-5,13H,6H2. The van der Waals surface area contributed by atoms with Crippen molar-refractivity contribution < 1.29 is 5.11 Å². The normalized spacial score (nSPS) is 10.6. The molecule has 3 heteroatoms. The van der Waals surface area contributed by atoms with Crippen molar-refractivity contribution in [3.63, 3.8) is 0 Å². The molecule has 2 nitrogen and oxygen atoms in total. The Labute approximate surface area is 80.8 Å². The van der Waals surface area contributed by atoms with Crippen LogP contribution >= 0.6 is 11.6 Å². The Bertz CT molecular complexity index is 442. The maximum Gasteiger partial charge on any atom is 0.0717 e. The van der Waals surface area contributed by atoms with Crippen LogP contribution in [-0.2, 0) is 6.61 Å². The average molecular weight is 194 g/mol. The Balaban J connectivity index is 2.66. The molecule has 0 amide bonds. The molecule has 0 aliphatic carbocycles. The number of pyridine rings is 1. The molecule has 2 rings (SSSR count). The van der Waals surface area contributed by atoms with E-state index in [1.54, 1.807) is 12.3 Å². The molecule has 13 heavy (non-hydrogen) atoms. The molecule has 1 aromatic heterocycles. The van der Waals surface area contributed by atoms with Gasteiger partial charge in [0, 0.05) is 16.6 Å². The van der Waals surface area contributed by atoms with Gasteiger partial charge in [-0.15, -0.1) is 0 Å². The lowest BCUT2D eigenvalue weighted by Crippen LogP contribution is -1.85. The molecule has 0 unspecified atom stereocenters. The minimum absolute atomic E-state index is 0.0194. The predicted molar refractivity (Wildman–Crippen MR) is 52.7 cm³/mol. The van der Waals surface area contributed by atoms with Crippen molar-refractivity contribution in [1.29, 1.82) is 0 Å². The number of fused-ring (bicyclic) bond motifs is 1. The van der Waals surface area contributed by atoms with Crippen molar-refractivity contribution in [2.45, 2.75) is 6.61 Å². The maximum absolute atomic E-state index is 8.89. The fourth-order valence-electron chi connectivity index (χ4n) is 1.23. The van der Waals surface area contributed by atoms with Crippen LogP contribution in [-0.4, -0.2) is 10.1 Å². The first-order valence-electron chi connectivity index (χ1n) is 3.94. The first kappa shape index (κ1) is 8.48. The Morgan fingerprint density at radius 2 is 2.15 bits per heavy atom. The second kappa shape index (κ2) is 3.32. The minimum atomic E-state index is 0.0194. The van der Waals surface area contributed by atoms with E-state index in [4.69, 9.17) is 16.7 Å². The molecule has 0 bridgehead atoms. The van der Waals surface area contributed by atoms with E-state index in [0.29, 0.717) is 5.02 Å². The molecule has 0 saturated heterocycles. The molecule has 1 aromatic carbocycles. The summed E-state index contributed by atoms with van der Waals surface area (Å²) in [5, 5.41) is 10.6. The van der Waals surface area contributed by atoms with Crippen LogP contribution in [0.5, 0.6) is 0 Å². The zero-order valence-electron chi connectivity index (χ0n) is 6.87. The number of aromatic nitrogens is 1. The molecule has 1 N–H and O–H groups in total.